The molecule has 3 aromatic rings. The highest BCUT2D eigenvalue weighted by molar-refractivity contribution is 5.93. The molecular formula is C24H28N4O4. The highest BCUT2D eigenvalue weighted by atomic mass is 16.4. The van der Waals surface area contributed by atoms with Gasteiger partial charge >= 0.3 is 5.84 Å². The number of nitrogens with zero attached hydrogens (tertiary/aromatic N) is 3. The second kappa shape index (κ2) is 8.98. The van der Waals surface area contributed by atoms with Gasteiger partial charge in [0, 0.05) is 25.2 Å². The number of likely N-dealkylation sites (tertiary alicyclic amines) is 1. The Hall–Kier alpha value is -3.42. The Morgan fingerprint density at radius 1 is 1.19 bits per heavy atom. The SMILES string of the molecule is CC(=O)N[C@H](C(=O)N1CCC[C@H]1C(=O)Cc1cn2cc(-c3ccccc3)oc2n1)C(C)C. The third kappa shape index (κ3) is 4.44. The van der Waals surface area contributed by atoms with Crippen molar-refractivity contribution in [2.75, 3.05) is 6.54 Å². The largest absolute Gasteiger partial charge is 0.423 e. The molecule has 2 atom stereocenters. The summed E-state index contributed by atoms with van der Waals surface area (Å²) in [4.78, 5) is 43.8. The van der Waals surface area contributed by atoms with Gasteiger partial charge in [-0.3, -0.25) is 18.8 Å². The van der Waals surface area contributed by atoms with Gasteiger partial charge in [0.2, 0.25) is 11.8 Å². The van der Waals surface area contributed by atoms with E-state index in [4.69, 9.17) is 4.42 Å². The zero-order valence-corrected chi connectivity index (χ0v) is 18.6. The molecule has 0 aliphatic carbocycles. The summed E-state index contributed by atoms with van der Waals surface area (Å²) in [7, 11) is 0. The van der Waals surface area contributed by atoms with Crippen molar-refractivity contribution in [2.45, 2.75) is 52.1 Å². The van der Waals surface area contributed by atoms with Crippen molar-refractivity contribution < 1.29 is 18.8 Å². The maximum absolute atomic E-state index is 13.1. The summed E-state index contributed by atoms with van der Waals surface area (Å²) in [6.07, 6.45) is 5.14. The smallest absolute Gasteiger partial charge is 0.306 e. The summed E-state index contributed by atoms with van der Waals surface area (Å²) in [5.74, 6) is 0.561. The molecule has 1 aromatic carbocycles. The molecule has 0 spiro atoms. The highest BCUT2D eigenvalue weighted by Gasteiger charge is 2.38. The maximum atomic E-state index is 13.1. The Morgan fingerprint density at radius 2 is 1.94 bits per heavy atom. The van der Waals surface area contributed by atoms with Crippen LogP contribution in [0.3, 0.4) is 0 Å². The number of amides is 2. The molecule has 1 aliphatic heterocycles. The first-order valence-electron chi connectivity index (χ1n) is 11.0. The maximum Gasteiger partial charge on any atom is 0.306 e. The number of hydrogen-bond donors (Lipinski definition) is 1. The predicted molar refractivity (Wildman–Crippen MR) is 119 cm³/mol. The average Bonchev–Trinajstić information content (AvgIpc) is 3.46. The van der Waals surface area contributed by atoms with Gasteiger partial charge in [-0.05, 0) is 18.8 Å². The van der Waals surface area contributed by atoms with Gasteiger partial charge in [-0.15, -0.1) is 0 Å². The molecule has 0 radical (unpaired) electrons. The second-order valence-electron chi connectivity index (χ2n) is 8.64. The van der Waals surface area contributed by atoms with Crippen LogP contribution >= 0.6 is 0 Å². The Bertz CT molecular complexity index is 1100. The first-order valence-corrected chi connectivity index (χ1v) is 11.0. The van der Waals surface area contributed by atoms with E-state index in [0.29, 0.717) is 30.3 Å². The first kappa shape index (κ1) is 21.8. The molecule has 2 amide bonds. The third-order valence-corrected chi connectivity index (χ3v) is 5.82. The molecular weight excluding hydrogens is 408 g/mol. The zero-order chi connectivity index (χ0) is 22.8. The number of benzene rings is 1. The van der Waals surface area contributed by atoms with Crippen molar-refractivity contribution in [3.8, 4) is 11.3 Å². The Morgan fingerprint density at radius 3 is 2.59 bits per heavy atom. The predicted octanol–water partition coefficient (Wildman–Crippen LogP) is 2.86. The lowest BCUT2D eigenvalue weighted by molar-refractivity contribution is -0.141. The van der Waals surface area contributed by atoms with Crippen LogP contribution in [0.2, 0.25) is 0 Å². The van der Waals surface area contributed by atoms with Gasteiger partial charge in [-0.1, -0.05) is 44.2 Å². The van der Waals surface area contributed by atoms with Gasteiger partial charge in [0.05, 0.1) is 24.4 Å². The van der Waals surface area contributed by atoms with Gasteiger partial charge in [-0.2, -0.15) is 4.98 Å². The monoisotopic (exact) mass is 436 g/mol. The van der Waals surface area contributed by atoms with Gasteiger partial charge in [0.1, 0.15) is 6.04 Å². The number of rotatable bonds is 7. The van der Waals surface area contributed by atoms with E-state index in [-0.39, 0.29) is 29.9 Å². The number of nitrogens with one attached hydrogen (secondary N) is 1. The minimum Gasteiger partial charge on any atom is -0.423 e. The van der Waals surface area contributed by atoms with Crippen LogP contribution < -0.4 is 5.32 Å². The number of aromatic nitrogens is 2. The molecule has 3 heterocycles. The Kier molecular flexibility index (Phi) is 6.12. The number of Topliss-reactive ketones (excluding diaryl/α,β-unsaturated/α-hetero) is 1. The molecule has 2 aromatic heterocycles. The Labute approximate surface area is 186 Å². The molecule has 0 unspecified atom stereocenters. The van der Waals surface area contributed by atoms with E-state index in [0.717, 1.165) is 12.0 Å². The van der Waals surface area contributed by atoms with Crippen LogP contribution in [0.5, 0.6) is 0 Å². The van der Waals surface area contributed by atoms with Crippen LogP contribution in [0.4, 0.5) is 0 Å². The van der Waals surface area contributed by atoms with Crippen molar-refractivity contribution in [3.63, 3.8) is 0 Å². The van der Waals surface area contributed by atoms with Gasteiger partial charge in [0.25, 0.3) is 0 Å². The van der Waals surface area contributed by atoms with Crippen molar-refractivity contribution in [2.24, 2.45) is 5.92 Å². The molecule has 8 nitrogen and oxygen atoms in total. The molecule has 32 heavy (non-hydrogen) atoms. The number of carbonyl (C=O) groups excluding carboxylic acids is 3. The van der Waals surface area contributed by atoms with E-state index in [9.17, 15) is 14.4 Å². The van der Waals surface area contributed by atoms with Gasteiger partial charge in [-0.25, -0.2) is 0 Å². The summed E-state index contributed by atoms with van der Waals surface area (Å²) < 4.78 is 7.60. The van der Waals surface area contributed by atoms with Crippen molar-refractivity contribution in [1.29, 1.82) is 0 Å². The topological polar surface area (TPSA) is 96.9 Å². The molecule has 0 bridgehead atoms. The first-order chi connectivity index (χ1) is 15.3. The van der Waals surface area contributed by atoms with E-state index in [1.165, 1.54) is 6.92 Å². The van der Waals surface area contributed by atoms with Crippen LogP contribution in [0.1, 0.15) is 39.3 Å². The Balaban J connectivity index is 1.46. The number of fused-ring (bicyclic) bond motifs is 1. The third-order valence-electron chi connectivity index (χ3n) is 5.82. The van der Waals surface area contributed by atoms with Crippen LogP contribution in [-0.2, 0) is 20.8 Å². The lowest BCUT2D eigenvalue weighted by atomic mass is 10.0. The number of oxazole rings is 1. The fourth-order valence-corrected chi connectivity index (χ4v) is 4.24. The average molecular weight is 437 g/mol. The molecule has 1 N–H and O–H groups in total. The zero-order valence-electron chi connectivity index (χ0n) is 18.6. The minimum atomic E-state index is -0.632. The van der Waals surface area contributed by atoms with E-state index >= 15 is 0 Å². The summed E-state index contributed by atoms with van der Waals surface area (Å²) in [6, 6.07) is 8.61. The standard InChI is InChI=1S/C24H28N4O4/c1-15(2)22(25-16(3)29)23(31)28-11-7-10-19(28)20(30)12-18-13-27-14-21(32-24(27)26-18)17-8-5-4-6-9-17/h4-6,8-9,13-15,19,22H,7,10-12H2,1-3H3,(H,25,29)/t19-,22-/m0/s1. The molecule has 1 aliphatic rings. The van der Waals surface area contributed by atoms with E-state index in [1.54, 1.807) is 15.5 Å². The summed E-state index contributed by atoms with van der Waals surface area (Å²) in [5.41, 5.74) is 1.56. The fourth-order valence-electron chi connectivity index (χ4n) is 4.24. The number of hydrogen-bond acceptors (Lipinski definition) is 5. The van der Waals surface area contributed by atoms with Gasteiger partial charge in [0.15, 0.2) is 11.5 Å². The van der Waals surface area contributed by atoms with Crippen molar-refractivity contribution in [3.05, 3.63) is 48.4 Å². The van der Waals surface area contributed by atoms with Crippen LogP contribution in [-0.4, -0.2) is 50.5 Å². The quantitative estimate of drug-likeness (QED) is 0.614. The summed E-state index contributed by atoms with van der Waals surface area (Å²) in [6.45, 7) is 5.68. The lowest BCUT2D eigenvalue weighted by Gasteiger charge is -2.30. The normalized spacial score (nSPS) is 17.1. The molecule has 4 rings (SSSR count). The molecule has 1 fully saturated rings. The van der Waals surface area contributed by atoms with Crippen LogP contribution in [0, 0.1) is 5.92 Å². The van der Waals surface area contributed by atoms with Crippen LogP contribution in [0.25, 0.3) is 17.2 Å². The van der Waals surface area contributed by atoms with Crippen molar-refractivity contribution in [1.82, 2.24) is 19.6 Å². The minimum absolute atomic E-state index is 0.0507. The molecule has 168 valence electrons. The van der Waals surface area contributed by atoms with E-state index in [2.05, 4.69) is 10.3 Å². The number of carbonyl (C=O) groups is 3. The lowest BCUT2D eigenvalue weighted by Crippen LogP contribution is -2.53. The highest BCUT2D eigenvalue weighted by Crippen LogP contribution is 2.24. The fraction of sp³-hybridized carbons (Fsp3) is 0.417. The summed E-state index contributed by atoms with van der Waals surface area (Å²) in [5, 5.41) is 2.73. The number of ketones is 1. The number of imidazole rings is 1. The molecule has 0 saturated carbocycles. The van der Waals surface area contributed by atoms with E-state index in [1.807, 2.05) is 50.4 Å². The van der Waals surface area contributed by atoms with Crippen LogP contribution in [0.15, 0.2) is 47.1 Å². The second-order valence-corrected chi connectivity index (χ2v) is 8.64. The van der Waals surface area contributed by atoms with E-state index < -0.39 is 12.1 Å². The molecule has 1 saturated heterocycles. The molecule has 8 heteroatoms. The summed E-state index contributed by atoms with van der Waals surface area (Å²) >= 11 is 0. The van der Waals surface area contributed by atoms with Gasteiger partial charge < -0.3 is 14.6 Å². The van der Waals surface area contributed by atoms with Crippen molar-refractivity contribution >= 4 is 23.4 Å².